The van der Waals surface area contributed by atoms with E-state index in [1.807, 2.05) is 24.3 Å². The van der Waals surface area contributed by atoms with E-state index in [1.54, 1.807) is 78.9 Å². The van der Waals surface area contributed by atoms with E-state index in [-0.39, 0.29) is 17.3 Å². The van der Waals surface area contributed by atoms with E-state index in [9.17, 15) is 13.2 Å². The third kappa shape index (κ3) is 5.79. The summed E-state index contributed by atoms with van der Waals surface area (Å²) in [4.78, 5) is 15.0. The lowest BCUT2D eigenvalue weighted by Gasteiger charge is -2.22. The Balaban J connectivity index is 1.59. The third-order valence-electron chi connectivity index (χ3n) is 5.52. The molecule has 0 fully saturated rings. The standard InChI is InChI=1S/C28H25N3O4S/c1-36(33,34)26-13-6-5-12-25(26)21-14-16-24(17-15-21)35-28(32)31(23-10-3-2-4-11-23)19-20-8-7-9-22(18-20)27(29)30/h2-18H,19H2,1H3,(H3,29,30). The first kappa shape index (κ1) is 24.7. The maximum atomic E-state index is 13.2. The number of sulfone groups is 1. The number of para-hydroxylation sites is 1. The van der Waals surface area contributed by atoms with Crippen molar-refractivity contribution in [1.29, 1.82) is 5.41 Å². The molecule has 0 saturated heterocycles. The van der Waals surface area contributed by atoms with E-state index in [1.165, 1.54) is 11.2 Å². The Kier molecular flexibility index (Phi) is 7.17. The fourth-order valence-electron chi connectivity index (χ4n) is 3.78. The van der Waals surface area contributed by atoms with Crippen molar-refractivity contribution in [3.63, 3.8) is 0 Å². The van der Waals surface area contributed by atoms with Crippen molar-refractivity contribution in [2.45, 2.75) is 11.4 Å². The summed E-state index contributed by atoms with van der Waals surface area (Å²) >= 11 is 0. The number of benzene rings is 4. The predicted molar refractivity (Wildman–Crippen MR) is 141 cm³/mol. The second kappa shape index (κ2) is 10.5. The van der Waals surface area contributed by atoms with Crippen molar-refractivity contribution < 1.29 is 17.9 Å². The van der Waals surface area contributed by atoms with Gasteiger partial charge in [0.1, 0.15) is 11.6 Å². The zero-order valence-electron chi connectivity index (χ0n) is 19.6. The molecular weight excluding hydrogens is 474 g/mol. The highest BCUT2D eigenvalue weighted by Crippen LogP contribution is 2.29. The molecule has 7 nitrogen and oxygen atoms in total. The fraction of sp³-hybridized carbons (Fsp3) is 0.0714. The Hall–Kier alpha value is -4.43. The summed E-state index contributed by atoms with van der Waals surface area (Å²) in [5, 5.41) is 7.68. The molecule has 0 bridgehead atoms. The summed E-state index contributed by atoms with van der Waals surface area (Å²) in [6, 6.07) is 29.7. The Morgan fingerprint density at radius 1 is 0.889 bits per heavy atom. The number of nitrogens with two attached hydrogens (primary N) is 1. The molecular formula is C28H25N3O4S. The number of carbonyl (C=O) groups excluding carboxylic acids is 1. The Morgan fingerprint density at radius 3 is 2.22 bits per heavy atom. The van der Waals surface area contributed by atoms with Crippen molar-refractivity contribution in [2.24, 2.45) is 5.73 Å². The smallest absolute Gasteiger partial charge is 0.410 e. The molecule has 0 saturated carbocycles. The largest absolute Gasteiger partial charge is 0.420 e. The van der Waals surface area contributed by atoms with Crippen LogP contribution < -0.4 is 15.4 Å². The number of amidine groups is 1. The first-order chi connectivity index (χ1) is 17.2. The van der Waals surface area contributed by atoms with E-state index in [0.29, 0.717) is 28.1 Å². The maximum Gasteiger partial charge on any atom is 0.420 e. The molecule has 0 atom stereocenters. The monoisotopic (exact) mass is 499 g/mol. The van der Waals surface area contributed by atoms with Gasteiger partial charge < -0.3 is 10.5 Å². The normalized spacial score (nSPS) is 11.0. The van der Waals surface area contributed by atoms with Crippen LogP contribution in [-0.2, 0) is 16.4 Å². The quantitative estimate of drug-likeness (QED) is 0.266. The molecule has 0 heterocycles. The van der Waals surface area contributed by atoms with Gasteiger partial charge in [-0.3, -0.25) is 10.3 Å². The molecule has 4 rings (SSSR count). The van der Waals surface area contributed by atoms with E-state index >= 15 is 0 Å². The predicted octanol–water partition coefficient (Wildman–Crippen LogP) is 5.25. The van der Waals surface area contributed by atoms with Gasteiger partial charge in [0.2, 0.25) is 0 Å². The van der Waals surface area contributed by atoms with Gasteiger partial charge in [-0.05, 0) is 47.5 Å². The molecule has 0 spiro atoms. The van der Waals surface area contributed by atoms with E-state index < -0.39 is 15.9 Å². The highest BCUT2D eigenvalue weighted by molar-refractivity contribution is 7.90. The molecule has 182 valence electrons. The molecule has 0 aromatic heterocycles. The van der Waals surface area contributed by atoms with Crippen LogP contribution in [0, 0.1) is 5.41 Å². The third-order valence-corrected chi connectivity index (χ3v) is 6.68. The Bertz CT molecular complexity index is 1500. The molecule has 0 aliphatic carbocycles. The molecule has 36 heavy (non-hydrogen) atoms. The number of carbonyl (C=O) groups is 1. The summed E-state index contributed by atoms with van der Waals surface area (Å²) in [6.07, 6.45) is 0.588. The van der Waals surface area contributed by atoms with Crippen LogP contribution in [0.25, 0.3) is 11.1 Å². The highest BCUT2D eigenvalue weighted by atomic mass is 32.2. The lowest BCUT2D eigenvalue weighted by atomic mass is 10.1. The van der Waals surface area contributed by atoms with Gasteiger partial charge in [-0.2, -0.15) is 0 Å². The van der Waals surface area contributed by atoms with Gasteiger partial charge in [0.15, 0.2) is 9.84 Å². The number of amides is 1. The highest BCUT2D eigenvalue weighted by Gasteiger charge is 2.20. The van der Waals surface area contributed by atoms with Crippen molar-refractivity contribution in [3.8, 4) is 16.9 Å². The Labute approximate surface area is 210 Å². The topological polar surface area (TPSA) is 114 Å². The van der Waals surface area contributed by atoms with Crippen LogP contribution in [0.5, 0.6) is 5.75 Å². The van der Waals surface area contributed by atoms with Gasteiger partial charge in [0.05, 0.1) is 11.4 Å². The first-order valence-electron chi connectivity index (χ1n) is 11.1. The van der Waals surface area contributed by atoms with Gasteiger partial charge >= 0.3 is 6.09 Å². The SMILES string of the molecule is CS(=O)(=O)c1ccccc1-c1ccc(OC(=O)N(Cc2cccc(C(=N)N)c2)c2ccccc2)cc1. The van der Waals surface area contributed by atoms with Crippen LogP contribution in [0.2, 0.25) is 0 Å². The van der Waals surface area contributed by atoms with Crippen LogP contribution in [0.3, 0.4) is 0 Å². The second-order valence-corrected chi connectivity index (χ2v) is 10.2. The lowest BCUT2D eigenvalue weighted by Crippen LogP contribution is -2.33. The van der Waals surface area contributed by atoms with Crippen LogP contribution >= 0.6 is 0 Å². The van der Waals surface area contributed by atoms with Crippen LogP contribution in [-0.4, -0.2) is 26.6 Å². The van der Waals surface area contributed by atoms with Gasteiger partial charge in [-0.15, -0.1) is 0 Å². The number of hydrogen-bond donors (Lipinski definition) is 2. The minimum atomic E-state index is -3.40. The van der Waals surface area contributed by atoms with Gasteiger partial charge in [-0.25, -0.2) is 13.2 Å². The summed E-state index contributed by atoms with van der Waals surface area (Å²) < 4.78 is 30.0. The van der Waals surface area contributed by atoms with E-state index in [4.69, 9.17) is 15.9 Å². The lowest BCUT2D eigenvalue weighted by molar-refractivity contribution is 0.207. The molecule has 8 heteroatoms. The number of hydrogen-bond acceptors (Lipinski definition) is 5. The molecule has 0 radical (unpaired) electrons. The number of anilines is 1. The number of nitrogen functional groups attached to an aromatic ring is 1. The molecule has 4 aromatic carbocycles. The summed E-state index contributed by atoms with van der Waals surface area (Å²) in [6.45, 7) is 0.212. The van der Waals surface area contributed by atoms with Gasteiger partial charge in [-0.1, -0.05) is 66.7 Å². The summed E-state index contributed by atoms with van der Waals surface area (Å²) in [7, 11) is -3.40. The second-order valence-electron chi connectivity index (χ2n) is 8.20. The molecule has 1 amide bonds. The van der Waals surface area contributed by atoms with Gasteiger partial charge in [0.25, 0.3) is 0 Å². The van der Waals surface area contributed by atoms with Crippen molar-refractivity contribution in [1.82, 2.24) is 0 Å². The molecule has 0 unspecified atom stereocenters. The Morgan fingerprint density at radius 2 is 1.56 bits per heavy atom. The van der Waals surface area contributed by atoms with Crippen molar-refractivity contribution in [2.75, 3.05) is 11.2 Å². The first-order valence-corrected chi connectivity index (χ1v) is 13.0. The molecule has 3 N–H and O–H groups in total. The summed E-state index contributed by atoms with van der Waals surface area (Å²) in [5.74, 6) is 0.266. The number of nitrogens with zero attached hydrogens (tertiary/aromatic N) is 1. The molecule has 0 aliphatic rings. The van der Waals surface area contributed by atoms with Gasteiger partial charge in [0, 0.05) is 23.1 Å². The van der Waals surface area contributed by atoms with E-state index in [0.717, 1.165) is 5.56 Å². The fourth-order valence-corrected chi connectivity index (χ4v) is 4.69. The zero-order chi connectivity index (χ0) is 25.7. The minimum Gasteiger partial charge on any atom is -0.410 e. The van der Waals surface area contributed by atoms with E-state index in [2.05, 4.69) is 0 Å². The number of rotatable bonds is 7. The minimum absolute atomic E-state index is 0.0526. The summed E-state index contributed by atoms with van der Waals surface area (Å²) in [5.41, 5.74) is 8.89. The average molecular weight is 500 g/mol. The van der Waals surface area contributed by atoms with Crippen LogP contribution in [0.4, 0.5) is 10.5 Å². The number of ether oxygens (including phenoxy) is 1. The molecule has 4 aromatic rings. The van der Waals surface area contributed by atoms with Crippen molar-refractivity contribution in [3.05, 3.63) is 114 Å². The molecule has 0 aliphatic heterocycles. The average Bonchev–Trinajstić information content (AvgIpc) is 2.88. The number of nitrogens with one attached hydrogen (secondary N) is 1. The van der Waals surface area contributed by atoms with Crippen LogP contribution in [0.15, 0.2) is 108 Å². The van der Waals surface area contributed by atoms with Crippen molar-refractivity contribution >= 4 is 27.5 Å². The maximum absolute atomic E-state index is 13.2. The zero-order valence-corrected chi connectivity index (χ0v) is 20.4. The van der Waals surface area contributed by atoms with Crippen LogP contribution in [0.1, 0.15) is 11.1 Å².